The first kappa shape index (κ1) is 13.4. The van der Waals surface area contributed by atoms with Gasteiger partial charge < -0.3 is 10.2 Å². The number of nitrogens with one attached hydrogen (secondary N) is 1. The summed E-state index contributed by atoms with van der Waals surface area (Å²) in [5.74, 6) is 0.774. The maximum absolute atomic E-state index is 4.37. The maximum Gasteiger partial charge on any atom is 0.0703 e. The van der Waals surface area contributed by atoms with Gasteiger partial charge in [-0.15, -0.1) is 0 Å². The molecule has 3 rings (SSSR count). The molecule has 0 saturated carbocycles. The Morgan fingerprint density at radius 2 is 2.05 bits per heavy atom. The molecule has 1 unspecified atom stereocenters. The molecule has 106 valence electrons. The van der Waals surface area contributed by atoms with Gasteiger partial charge in [-0.3, -0.25) is 4.98 Å². The second-order valence-corrected chi connectivity index (χ2v) is 5.98. The molecule has 1 fully saturated rings. The standard InChI is InChI=1S/C17H23N3/c1-13(14-7-10-20(2)11-8-14)19-16-5-6-17-15(12-16)4-3-9-18-17/h3-6,9,12-14,19H,7-8,10-11H2,1-2H3. The number of nitrogens with zero attached hydrogens (tertiary/aromatic N) is 2. The average molecular weight is 269 g/mol. The predicted octanol–water partition coefficient (Wildman–Crippen LogP) is 3.38. The number of fused-ring (bicyclic) bond motifs is 1. The Labute approximate surface area is 121 Å². The van der Waals surface area contributed by atoms with Crippen LogP contribution in [0.25, 0.3) is 10.9 Å². The molecule has 0 radical (unpaired) electrons. The van der Waals surface area contributed by atoms with Crippen molar-refractivity contribution in [3.05, 3.63) is 36.5 Å². The van der Waals surface area contributed by atoms with Crippen molar-refractivity contribution in [3.63, 3.8) is 0 Å². The van der Waals surface area contributed by atoms with Gasteiger partial charge in [0.15, 0.2) is 0 Å². The summed E-state index contributed by atoms with van der Waals surface area (Å²) in [6.45, 7) is 4.75. The summed E-state index contributed by atoms with van der Waals surface area (Å²) in [5.41, 5.74) is 2.27. The molecular formula is C17H23N3. The number of likely N-dealkylation sites (tertiary alicyclic amines) is 1. The molecule has 3 heteroatoms. The molecule has 0 amide bonds. The topological polar surface area (TPSA) is 28.2 Å². The third-order valence-electron chi connectivity index (χ3n) is 4.47. The van der Waals surface area contributed by atoms with Gasteiger partial charge >= 0.3 is 0 Å². The first-order chi connectivity index (χ1) is 9.72. The summed E-state index contributed by atoms with van der Waals surface area (Å²) in [6.07, 6.45) is 4.43. The summed E-state index contributed by atoms with van der Waals surface area (Å²) in [6, 6.07) is 11.1. The number of rotatable bonds is 3. The highest BCUT2D eigenvalue weighted by atomic mass is 15.1. The fourth-order valence-electron chi connectivity index (χ4n) is 3.07. The van der Waals surface area contributed by atoms with E-state index < -0.39 is 0 Å². The quantitative estimate of drug-likeness (QED) is 0.926. The van der Waals surface area contributed by atoms with Gasteiger partial charge in [0.25, 0.3) is 0 Å². The van der Waals surface area contributed by atoms with Gasteiger partial charge in [0.2, 0.25) is 0 Å². The molecule has 2 aromatic rings. The Morgan fingerprint density at radius 1 is 1.25 bits per heavy atom. The van der Waals surface area contributed by atoms with Crippen LogP contribution in [-0.4, -0.2) is 36.1 Å². The Morgan fingerprint density at radius 3 is 2.85 bits per heavy atom. The number of hydrogen-bond donors (Lipinski definition) is 1. The predicted molar refractivity (Wildman–Crippen MR) is 85.0 cm³/mol. The van der Waals surface area contributed by atoms with Crippen molar-refractivity contribution in [1.82, 2.24) is 9.88 Å². The monoisotopic (exact) mass is 269 g/mol. The third kappa shape index (κ3) is 2.93. The molecule has 3 nitrogen and oxygen atoms in total. The number of benzene rings is 1. The van der Waals surface area contributed by atoms with Gasteiger partial charge in [-0.25, -0.2) is 0 Å². The van der Waals surface area contributed by atoms with Crippen LogP contribution in [0.15, 0.2) is 36.5 Å². The molecule has 1 atom stereocenters. The lowest BCUT2D eigenvalue weighted by Gasteiger charge is -2.33. The van der Waals surface area contributed by atoms with Gasteiger partial charge in [-0.1, -0.05) is 6.07 Å². The zero-order valence-electron chi connectivity index (χ0n) is 12.3. The van der Waals surface area contributed by atoms with Gasteiger partial charge in [0.05, 0.1) is 5.52 Å². The van der Waals surface area contributed by atoms with Crippen LogP contribution in [0.3, 0.4) is 0 Å². The molecule has 1 aromatic heterocycles. The molecular weight excluding hydrogens is 246 g/mol. The largest absolute Gasteiger partial charge is 0.382 e. The number of hydrogen-bond acceptors (Lipinski definition) is 3. The lowest BCUT2D eigenvalue weighted by atomic mass is 9.90. The van der Waals surface area contributed by atoms with E-state index in [1.54, 1.807) is 0 Å². The highest BCUT2D eigenvalue weighted by Gasteiger charge is 2.22. The van der Waals surface area contributed by atoms with E-state index in [0.717, 1.165) is 11.4 Å². The van der Waals surface area contributed by atoms with Crippen molar-refractivity contribution in [3.8, 4) is 0 Å². The van der Waals surface area contributed by atoms with Crippen LogP contribution in [0.2, 0.25) is 0 Å². The van der Waals surface area contributed by atoms with Crippen molar-refractivity contribution in [2.45, 2.75) is 25.8 Å². The fourth-order valence-corrected chi connectivity index (χ4v) is 3.07. The lowest BCUT2D eigenvalue weighted by molar-refractivity contribution is 0.208. The molecule has 0 spiro atoms. The normalized spacial score (nSPS) is 19.1. The van der Waals surface area contributed by atoms with Crippen LogP contribution in [0.1, 0.15) is 19.8 Å². The lowest BCUT2D eigenvalue weighted by Crippen LogP contribution is -2.37. The number of pyridine rings is 1. The van der Waals surface area contributed by atoms with Crippen molar-refractivity contribution in [2.75, 3.05) is 25.5 Å². The van der Waals surface area contributed by atoms with Crippen LogP contribution < -0.4 is 5.32 Å². The minimum absolute atomic E-state index is 0.526. The Kier molecular flexibility index (Phi) is 3.88. The van der Waals surface area contributed by atoms with Crippen LogP contribution in [-0.2, 0) is 0 Å². The third-order valence-corrected chi connectivity index (χ3v) is 4.47. The van der Waals surface area contributed by atoms with Crippen molar-refractivity contribution in [2.24, 2.45) is 5.92 Å². The summed E-state index contributed by atoms with van der Waals surface area (Å²) < 4.78 is 0. The van der Waals surface area contributed by atoms with E-state index in [1.165, 1.54) is 37.0 Å². The molecule has 1 N–H and O–H groups in total. The molecule has 1 aliphatic rings. The van der Waals surface area contributed by atoms with Gasteiger partial charge in [-0.05, 0) is 70.1 Å². The van der Waals surface area contributed by atoms with E-state index >= 15 is 0 Å². The minimum Gasteiger partial charge on any atom is -0.382 e. The molecule has 1 saturated heterocycles. The highest BCUT2D eigenvalue weighted by molar-refractivity contribution is 5.82. The van der Waals surface area contributed by atoms with E-state index in [1.807, 2.05) is 12.3 Å². The smallest absolute Gasteiger partial charge is 0.0703 e. The zero-order valence-corrected chi connectivity index (χ0v) is 12.3. The second kappa shape index (κ2) is 5.80. The van der Waals surface area contributed by atoms with Crippen LogP contribution >= 0.6 is 0 Å². The van der Waals surface area contributed by atoms with E-state index in [-0.39, 0.29) is 0 Å². The van der Waals surface area contributed by atoms with E-state index in [4.69, 9.17) is 0 Å². The number of aromatic nitrogens is 1. The van der Waals surface area contributed by atoms with E-state index in [2.05, 4.69) is 53.4 Å². The Hall–Kier alpha value is -1.61. The second-order valence-electron chi connectivity index (χ2n) is 5.98. The number of anilines is 1. The Bertz CT molecular complexity index is 573. The summed E-state index contributed by atoms with van der Waals surface area (Å²) in [7, 11) is 2.21. The number of piperidine rings is 1. The molecule has 0 bridgehead atoms. The first-order valence-corrected chi connectivity index (χ1v) is 7.52. The van der Waals surface area contributed by atoms with E-state index in [0.29, 0.717) is 6.04 Å². The van der Waals surface area contributed by atoms with Gasteiger partial charge in [0, 0.05) is 23.3 Å². The zero-order chi connectivity index (χ0) is 13.9. The fraction of sp³-hybridized carbons (Fsp3) is 0.471. The van der Waals surface area contributed by atoms with Crippen molar-refractivity contribution >= 4 is 16.6 Å². The molecule has 1 aromatic carbocycles. The summed E-state index contributed by atoms with van der Waals surface area (Å²) in [4.78, 5) is 6.79. The van der Waals surface area contributed by atoms with Crippen molar-refractivity contribution < 1.29 is 0 Å². The Balaban J connectivity index is 1.69. The van der Waals surface area contributed by atoms with Gasteiger partial charge in [-0.2, -0.15) is 0 Å². The molecule has 0 aliphatic carbocycles. The van der Waals surface area contributed by atoms with Crippen LogP contribution in [0, 0.1) is 5.92 Å². The van der Waals surface area contributed by atoms with Crippen LogP contribution in [0.4, 0.5) is 5.69 Å². The average Bonchev–Trinajstić information content (AvgIpc) is 2.48. The highest BCUT2D eigenvalue weighted by Crippen LogP contribution is 2.24. The summed E-state index contributed by atoms with van der Waals surface area (Å²) in [5, 5.41) is 4.87. The van der Waals surface area contributed by atoms with E-state index in [9.17, 15) is 0 Å². The molecule has 2 heterocycles. The van der Waals surface area contributed by atoms with Crippen molar-refractivity contribution in [1.29, 1.82) is 0 Å². The van der Waals surface area contributed by atoms with Gasteiger partial charge in [0.1, 0.15) is 0 Å². The maximum atomic E-state index is 4.37. The SMILES string of the molecule is CC(Nc1ccc2ncccc2c1)C1CCN(C)CC1. The van der Waals surface area contributed by atoms with Crippen LogP contribution in [0.5, 0.6) is 0 Å². The molecule has 1 aliphatic heterocycles. The summed E-state index contributed by atoms with van der Waals surface area (Å²) >= 11 is 0. The first-order valence-electron chi connectivity index (χ1n) is 7.52. The molecule has 20 heavy (non-hydrogen) atoms. The minimum atomic E-state index is 0.526.